The lowest BCUT2D eigenvalue weighted by Gasteiger charge is -2.18. The summed E-state index contributed by atoms with van der Waals surface area (Å²) in [6.45, 7) is 1.63. The fraction of sp³-hybridized carbons (Fsp3) is 0.200. The maximum atomic E-state index is 14.1. The van der Waals surface area contributed by atoms with Gasteiger partial charge in [0.15, 0.2) is 11.6 Å². The molecule has 1 unspecified atom stereocenters. The SMILES string of the molecule is Cc1cccc(C(Cc2cccc(F)c2F)NN)c1F. The van der Waals surface area contributed by atoms with Crippen LogP contribution in [0.15, 0.2) is 36.4 Å². The van der Waals surface area contributed by atoms with Crippen LogP contribution in [-0.2, 0) is 6.42 Å². The lowest BCUT2D eigenvalue weighted by molar-refractivity contribution is 0.471. The Kier molecular flexibility index (Phi) is 4.42. The summed E-state index contributed by atoms with van der Waals surface area (Å²) in [4.78, 5) is 0. The molecule has 106 valence electrons. The average molecular weight is 280 g/mol. The molecule has 3 N–H and O–H groups in total. The van der Waals surface area contributed by atoms with Gasteiger partial charge in [-0.1, -0.05) is 30.3 Å². The fourth-order valence-corrected chi connectivity index (χ4v) is 2.12. The molecule has 0 saturated carbocycles. The number of hydrogen-bond acceptors (Lipinski definition) is 2. The number of hydrazine groups is 1. The topological polar surface area (TPSA) is 38.0 Å². The molecule has 0 heterocycles. The monoisotopic (exact) mass is 280 g/mol. The summed E-state index contributed by atoms with van der Waals surface area (Å²) in [5.41, 5.74) is 3.40. The fourth-order valence-electron chi connectivity index (χ4n) is 2.12. The number of rotatable bonds is 4. The van der Waals surface area contributed by atoms with Crippen molar-refractivity contribution in [3.63, 3.8) is 0 Å². The van der Waals surface area contributed by atoms with Gasteiger partial charge in [-0.25, -0.2) is 13.2 Å². The van der Waals surface area contributed by atoms with Crippen LogP contribution >= 0.6 is 0 Å². The Morgan fingerprint density at radius 1 is 1.05 bits per heavy atom. The Bertz CT molecular complexity index is 614. The smallest absolute Gasteiger partial charge is 0.162 e. The second-order valence-electron chi connectivity index (χ2n) is 4.61. The van der Waals surface area contributed by atoms with Crippen LogP contribution in [0.1, 0.15) is 22.7 Å². The highest BCUT2D eigenvalue weighted by molar-refractivity contribution is 5.30. The Morgan fingerprint density at radius 3 is 2.45 bits per heavy atom. The van der Waals surface area contributed by atoms with Gasteiger partial charge >= 0.3 is 0 Å². The molecule has 0 aliphatic carbocycles. The predicted molar refractivity (Wildman–Crippen MR) is 71.3 cm³/mol. The van der Waals surface area contributed by atoms with E-state index in [1.807, 2.05) is 0 Å². The highest BCUT2D eigenvalue weighted by Gasteiger charge is 2.18. The van der Waals surface area contributed by atoms with Gasteiger partial charge < -0.3 is 0 Å². The van der Waals surface area contributed by atoms with E-state index in [4.69, 9.17) is 5.84 Å². The van der Waals surface area contributed by atoms with Gasteiger partial charge in [-0.2, -0.15) is 0 Å². The Hall–Kier alpha value is -1.85. The standard InChI is InChI=1S/C15H15F3N2/c1-9-4-2-6-11(14(9)17)13(20-19)8-10-5-3-7-12(16)15(10)18/h2-7,13,20H,8,19H2,1H3. The van der Waals surface area contributed by atoms with Crippen molar-refractivity contribution in [3.8, 4) is 0 Å². The molecule has 0 amide bonds. The summed E-state index contributed by atoms with van der Waals surface area (Å²) >= 11 is 0. The number of halogens is 3. The third-order valence-corrected chi connectivity index (χ3v) is 3.25. The van der Waals surface area contributed by atoms with Crippen LogP contribution in [0.25, 0.3) is 0 Å². The molecule has 2 aromatic rings. The highest BCUT2D eigenvalue weighted by Crippen LogP contribution is 2.24. The molecular weight excluding hydrogens is 265 g/mol. The summed E-state index contributed by atoms with van der Waals surface area (Å²) in [5, 5.41) is 0. The third-order valence-electron chi connectivity index (χ3n) is 3.25. The molecule has 5 heteroatoms. The first-order valence-electron chi connectivity index (χ1n) is 6.18. The second-order valence-corrected chi connectivity index (χ2v) is 4.61. The van der Waals surface area contributed by atoms with E-state index in [0.29, 0.717) is 11.1 Å². The van der Waals surface area contributed by atoms with Crippen molar-refractivity contribution in [3.05, 3.63) is 70.5 Å². The van der Waals surface area contributed by atoms with Crippen molar-refractivity contribution >= 4 is 0 Å². The molecule has 0 saturated heterocycles. The Balaban J connectivity index is 2.34. The van der Waals surface area contributed by atoms with E-state index in [2.05, 4.69) is 5.43 Å². The molecule has 20 heavy (non-hydrogen) atoms. The molecule has 2 nitrogen and oxygen atoms in total. The summed E-state index contributed by atoms with van der Waals surface area (Å²) in [6.07, 6.45) is 0.0560. The number of hydrogen-bond donors (Lipinski definition) is 2. The van der Waals surface area contributed by atoms with Crippen LogP contribution in [-0.4, -0.2) is 0 Å². The molecule has 0 aliphatic heterocycles. The van der Waals surface area contributed by atoms with Crippen molar-refractivity contribution < 1.29 is 13.2 Å². The summed E-state index contributed by atoms with van der Waals surface area (Å²) in [6, 6.07) is 8.17. The maximum absolute atomic E-state index is 14.1. The molecule has 1 atom stereocenters. The van der Waals surface area contributed by atoms with E-state index in [1.54, 1.807) is 25.1 Å². The zero-order chi connectivity index (χ0) is 14.7. The van der Waals surface area contributed by atoms with Gasteiger partial charge in [-0.15, -0.1) is 0 Å². The molecule has 0 fully saturated rings. The van der Waals surface area contributed by atoms with Crippen LogP contribution in [0.5, 0.6) is 0 Å². The predicted octanol–water partition coefficient (Wildman–Crippen LogP) is 3.16. The van der Waals surface area contributed by atoms with Gasteiger partial charge in [-0.3, -0.25) is 11.3 Å². The lowest BCUT2D eigenvalue weighted by atomic mass is 9.97. The number of nitrogens with two attached hydrogens (primary N) is 1. The normalized spacial score (nSPS) is 12.4. The van der Waals surface area contributed by atoms with E-state index in [-0.39, 0.29) is 12.0 Å². The lowest BCUT2D eigenvalue weighted by Crippen LogP contribution is -2.30. The summed E-state index contributed by atoms with van der Waals surface area (Å²) < 4.78 is 40.9. The first-order chi connectivity index (χ1) is 9.54. The minimum Gasteiger partial charge on any atom is -0.271 e. The van der Waals surface area contributed by atoms with Crippen molar-refractivity contribution in [1.29, 1.82) is 0 Å². The van der Waals surface area contributed by atoms with Crippen LogP contribution in [0.2, 0.25) is 0 Å². The quantitative estimate of drug-likeness (QED) is 0.667. The highest BCUT2D eigenvalue weighted by atomic mass is 19.2. The van der Waals surface area contributed by atoms with E-state index in [1.165, 1.54) is 12.1 Å². The molecule has 0 radical (unpaired) electrons. The third kappa shape index (κ3) is 2.84. The van der Waals surface area contributed by atoms with Crippen LogP contribution in [0, 0.1) is 24.4 Å². The second kappa shape index (κ2) is 6.07. The molecule has 0 aliphatic rings. The molecule has 0 bridgehead atoms. The van der Waals surface area contributed by atoms with Crippen LogP contribution < -0.4 is 11.3 Å². The van der Waals surface area contributed by atoms with Gasteiger partial charge in [-0.05, 0) is 30.5 Å². The van der Waals surface area contributed by atoms with Gasteiger partial charge in [0.05, 0.1) is 6.04 Å². The summed E-state index contributed by atoms with van der Waals surface area (Å²) in [5.74, 6) is 3.17. The van der Waals surface area contributed by atoms with Gasteiger partial charge in [0.1, 0.15) is 5.82 Å². The number of benzene rings is 2. The van der Waals surface area contributed by atoms with E-state index >= 15 is 0 Å². The van der Waals surface area contributed by atoms with Crippen LogP contribution in [0.4, 0.5) is 13.2 Å². The number of nitrogens with one attached hydrogen (secondary N) is 1. The van der Waals surface area contributed by atoms with Gasteiger partial charge in [0.25, 0.3) is 0 Å². The van der Waals surface area contributed by atoms with Crippen molar-refractivity contribution in [2.75, 3.05) is 0 Å². The van der Waals surface area contributed by atoms with Crippen molar-refractivity contribution in [2.45, 2.75) is 19.4 Å². The molecular formula is C15H15F3N2. The average Bonchev–Trinajstić information content (AvgIpc) is 2.44. The van der Waals surface area contributed by atoms with E-state index in [9.17, 15) is 13.2 Å². The largest absolute Gasteiger partial charge is 0.271 e. The molecule has 2 rings (SSSR count). The summed E-state index contributed by atoms with van der Waals surface area (Å²) in [7, 11) is 0. The molecule has 0 spiro atoms. The minimum atomic E-state index is -0.930. The van der Waals surface area contributed by atoms with E-state index in [0.717, 1.165) is 6.07 Å². The zero-order valence-corrected chi connectivity index (χ0v) is 11.0. The van der Waals surface area contributed by atoms with Crippen molar-refractivity contribution in [1.82, 2.24) is 5.43 Å². The van der Waals surface area contributed by atoms with Gasteiger partial charge in [0.2, 0.25) is 0 Å². The van der Waals surface area contributed by atoms with E-state index < -0.39 is 23.5 Å². The Labute approximate surface area is 115 Å². The first-order valence-corrected chi connectivity index (χ1v) is 6.18. The van der Waals surface area contributed by atoms with Crippen LogP contribution in [0.3, 0.4) is 0 Å². The Morgan fingerprint density at radius 2 is 1.75 bits per heavy atom. The maximum Gasteiger partial charge on any atom is 0.162 e. The van der Waals surface area contributed by atoms with Crippen molar-refractivity contribution in [2.24, 2.45) is 5.84 Å². The zero-order valence-electron chi connectivity index (χ0n) is 11.0. The molecule has 0 aromatic heterocycles. The minimum absolute atomic E-state index is 0.0560. The number of aryl methyl sites for hydroxylation is 1. The van der Waals surface area contributed by atoms with Gasteiger partial charge in [0, 0.05) is 5.56 Å². The molecule has 2 aromatic carbocycles. The first kappa shape index (κ1) is 14.6.